The number of carbonyl (C=O) groups is 1. The predicted molar refractivity (Wildman–Crippen MR) is 108 cm³/mol. The maximum atomic E-state index is 13.0. The fraction of sp³-hybridized carbons (Fsp3) is 0.550. The van der Waals surface area contributed by atoms with Crippen molar-refractivity contribution in [1.82, 2.24) is 14.9 Å². The third-order valence-corrected chi connectivity index (χ3v) is 5.67. The molecule has 1 aromatic heterocycles. The molecule has 6 nitrogen and oxygen atoms in total. The van der Waals surface area contributed by atoms with Gasteiger partial charge in [-0.2, -0.15) is 0 Å². The number of aromatic nitrogens is 2. The van der Waals surface area contributed by atoms with Crippen LogP contribution in [0.2, 0.25) is 0 Å². The summed E-state index contributed by atoms with van der Waals surface area (Å²) < 4.78 is 7.38. The number of nitrogens with zero attached hydrogens (tertiary/aromatic N) is 2. The molecule has 1 aliphatic heterocycles. The van der Waals surface area contributed by atoms with Crippen LogP contribution in [-0.2, 0) is 16.1 Å². The molecule has 1 aromatic carbocycles. The van der Waals surface area contributed by atoms with E-state index >= 15 is 0 Å². The van der Waals surface area contributed by atoms with Crippen LogP contribution in [0, 0.1) is 0 Å². The summed E-state index contributed by atoms with van der Waals surface area (Å²) in [7, 11) is 0. The standard InChI is InChI=1S/C20H27N3O3S/c1-3-7-14(2)21-18(24)13-27-20-22-17-10-5-4-9-16(17)19(25)23(20)12-15-8-6-11-26-15/h4-5,9-10,14-15H,3,6-8,11-13H2,1-2H3,(H,21,24)/t14-,15-/m1/s1. The second-order valence-electron chi connectivity index (χ2n) is 7.01. The van der Waals surface area contributed by atoms with Crippen LogP contribution in [0.5, 0.6) is 0 Å². The summed E-state index contributed by atoms with van der Waals surface area (Å²) in [6.45, 7) is 5.32. The number of hydrogen-bond acceptors (Lipinski definition) is 5. The van der Waals surface area contributed by atoms with E-state index in [1.54, 1.807) is 10.6 Å². The van der Waals surface area contributed by atoms with Gasteiger partial charge in [0.25, 0.3) is 5.56 Å². The highest BCUT2D eigenvalue weighted by atomic mass is 32.2. The summed E-state index contributed by atoms with van der Waals surface area (Å²) in [6, 6.07) is 7.50. The van der Waals surface area contributed by atoms with Gasteiger partial charge < -0.3 is 10.1 Å². The molecule has 1 aliphatic rings. The van der Waals surface area contributed by atoms with E-state index in [4.69, 9.17) is 4.74 Å². The Morgan fingerprint density at radius 3 is 3.00 bits per heavy atom. The van der Waals surface area contributed by atoms with Gasteiger partial charge in [-0.15, -0.1) is 0 Å². The van der Waals surface area contributed by atoms with Gasteiger partial charge in [0, 0.05) is 12.6 Å². The van der Waals surface area contributed by atoms with Crippen LogP contribution in [0.4, 0.5) is 0 Å². The van der Waals surface area contributed by atoms with E-state index in [0.29, 0.717) is 22.6 Å². The quantitative estimate of drug-likeness (QED) is 0.555. The van der Waals surface area contributed by atoms with E-state index in [1.807, 2.05) is 25.1 Å². The van der Waals surface area contributed by atoms with Crippen molar-refractivity contribution >= 4 is 28.6 Å². The Balaban J connectivity index is 1.81. The molecule has 146 valence electrons. The molecule has 1 amide bonds. The molecule has 0 bridgehead atoms. The third-order valence-electron chi connectivity index (χ3n) is 4.70. The second-order valence-corrected chi connectivity index (χ2v) is 7.95. The van der Waals surface area contributed by atoms with Crippen molar-refractivity contribution in [3.63, 3.8) is 0 Å². The lowest BCUT2D eigenvalue weighted by molar-refractivity contribution is -0.119. The summed E-state index contributed by atoms with van der Waals surface area (Å²) in [5.41, 5.74) is 0.590. The van der Waals surface area contributed by atoms with E-state index in [9.17, 15) is 9.59 Å². The van der Waals surface area contributed by atoms with Crippen molar-refractivity contribution in [2.75, 3.05) is 12.4 Å². The van der Waals surface area contributed by atoms with Crippen LogP contribution < -0.4 is 10.9 Å². The zero-order valence-corrected chi connectivity index (χ0v) is 16.8. The number of ether oxygens (including phenoxy) is 1. The molecule has 0 radical (unpaired) electrons. The van der Waals surface area contributed by atoms with E-state index in [2.05, 4.69) is 17.2 Å². The number of nitrogens with one attached hydrogen (secondary N) is 1. The Kier molecular flexibility index (Phi) is 6.90. The largest absolute Gasteiger partial charge is 0.376 e. The minimum atomic E-state index is -0.0710. The number of thioether (sulfide) groups is 1. The van der Waals surface area contributed by atoms with Gasteiger partial charge in [0.05, 0.1) is 29.3 Å². The lowest BCUT2D eigenvalue weighted by Crippen LogP contribution is -2.34. The van der Waals surface area contributed by atoms with Crippen LogP contribution in [-0.4, -0.2) is 40.0 Å². The van der Waals surface area contributed by atoms with E-state index in [0.717, 1.165) is 32.3 Å². The van der Waals surface area contributed by atoms with Crippen molar-refractivity contribution in [2.24, 2.45) is 0 Å². The molecule has 27 heavy (non-hydrogen) atoms. The molecule has 0 unspecified atom stereocenters. The van der Waals surface area contributed by atoms with Gasteiger partial charge in [0.2, 0.25) is 5.91 Å². The van der Waals surface area contributed by atoms with Gasteiger partial charge in [0.1, 0.15) is 0 Å². The fourth-order valence-electron chi connectivity index (χ4n) is 3.36. The molecule has 2 heterocycles. The number of hydrogen-bond donors (Lipinski definition) is 1. The van der Waals surface area contributed by atoms with E-state index < -0.39 is 0 Å². The zero-order valence-electron chi connectivity index (χ0n) is 15.9. The SMILES string of the molecule is CCC[C@@H](C)NC(=O)CSc1nc2ccccc2c(=O)n1C[C@H]1CCCO1. The monoisotopic (exact) mass is 389 g/mol. The molecular weight excluding hydrogens is 362 g/mol. The molecule has 3 rings (SSSR count). The smallest absolute Gasteiger partial charge is 0.262 e. The highest BCUT2D eigenvalue weighted by molar-refractivity contribution is 7.99. The Hall–Kier alpha value is -1.86. The molecule has 0 aliphatic carbocycles. The average molecular weight is 390 g/mol. The van der Waals surface area contributed by atoms with Gasteiger partial charge in [-0.05, 0) is 38.3 Å². The van der Waals surface area contributed by atoms with Gasteiger partial charge >= 0.3 is 0 Å². The molecule has 1 N–H and O–H groups in total. The van der Waals surface area contributed by atoms with Crippen LogP contribution in [0.1, 0.15) is 39.5 Å². The highest BCUT2D eigenvalue weighted by Gasteiger charge is 2.20. The van der Waals surface area contributed by atoms with Crippen LogP contribution >= 0.6 is 11.8 Å². The average Bonchev–Trinajstić information content (AvgIpc) is 3.16. The minimum Gasteiger partial charge on any atom is -0.376 e. The minimum absolute atomic E-state index is 0.0309. The van der Waals surface area contributed by atoms with Crippen molar-refractivity contribution in [3.8, 4) is 0 Å². The molecule has 2 atom stereocenters. The first-order valence-corrected chi connectivity index (χ1v) is 10.6. The zero-order chi connectivity index (χ0) is 19.2. The van der Waals surface area contributed by atoms with Gasteiger partial charge in [-0.25, -0.2) is 4.98 Å². The highest BCUT2D eigenvalue weighted by Crippen LogP contribution is 2.21. The van der Waals surface area contributed by atoms with Crippen molar-refractivity contribution in [3.05, 3.63) is 34.6 Å². The normalized spacial score (nSPS) is 17.9. The van der Waals surface area contributed by atoms with Crippen LogP contribution in [0.15, 0.2) is 34.2 Å². The number of para-hydroxylation sites is 1. The number of benzene rings is 1. The topological polar surface area (TPSA) is 73.2 Å². The Bertz CT molecular complexity index is 846. The molecule has 2 aromatic rings. The van der Waals surface area contributed by atoms with Gasteiger partial charge in [-0.3, -0.25) is 14.2 Å². The lowest BCUT2D eigenvalue weighted by atomic mass is 10.2. The molecular formula is C20H27N3O3S. The first kappa shape index (κ1) is 19.9. The lowest BCUT2D eigenvalue weighted by Gasteiger charge is -2.17. The Morgan fingerprint density at radius 1 is 1.44 bits per heavy atom. The fourth-order valence-corrected chi connectivity index (χ4v) is 4.18. The predicted octanol–water partition coefficient (Wildman–Crippen LogP) is 2.97. The first-order valence-electron chi connectivity index (χ1n) is 9.61. The van der Waals surface area contributed by atoms with Crippen molar-refractivity contribution in [1.29, 1.82) is 0 Å². The van der Waals surface area contributed by atoms with Crippen molar-refractivity contribution in [2.45, 2.75) is 63.4 Å². The Labute approximate surface area is 163 Å². The van der Waals surface area contributed by atoms with E-state index in [-0.39, 0.29) is 29.4 Å². The summed E-state index contributed by atoms with van der Waals surface area (Å²) in [4.78, 5) is 29.9. The molecule has 0 spiro atoms. The van der Waals surface area contributed by atoms with E-state index in [1.165, 1.54) is 11.8 Å². The molecule has 7 heteroatoms. The summed E-state index contributed by atoms with van der Waals surface area (Å²) in [5.74, 6) is 0.205. The number of fused-ring (bicyclic) bond motifs is 1. The summed E-state index contributed by atoms with van der Waals surface area (Å²) >= 11 is 1.31. The maximum Gasteiger partial charge on any atom is 0.262 e. The van der Waals surface area contributed by atoms with Crippen LogP contribution in [0.3, 0.4) is 0 Å². The van der Waals surface area contributed by atoms with Gasteiger partial charge in [-0.1, -0.05) is 37.2 Å². The number of carbonyl (C=O) groups excluding carboxylic acids is 1. The molecule has 1 saturated heterocycles. The first-order chi connectivity index (χ1) is 13.1. The second kappa shape index (κ2) is 9.37. The molecule has 0 saturated carbocycles. The van der Waals surface area contributed by atoms with Gasteiger partial charge in [0.15, 0.2) is 5.16 Å². The van der Waals surface area contributed by atoms with Crippen LogP contribution in [0.25, 0.3) is 10.9 Å². The third kappa shape index (κ3) is 5.11. The number of amides is 1. The van der Waals surface area contributed by atoms with Crippen molar-refractivity contribution < 1.29 is 9.53 Å². The maximum absolute atomic E-state index is 13.0. The summed E-state index contributed by atoms with van der Waals surface area (Å²) in [5, 5.41) is 4.17. The molecule has 1 fully saturated rings. The number of rotatable bonds is 8. The Morgan fingerprint density at radius 2 is 2.26 bits per heavy atom. The summed E-state index contributed by atoms with van der Waals surface area (Å²) in [6.07, 6.45) is 3.97.